The maximum absolute atomic E-state index is 3.83. The molecule has 1 aliphatic carbocycles. The molecular formula is C17H36N2. The first kappa shape index (κ1) is 17.0. The monoisotopic (exact) mass is 268 g/mol. The summed E-state index contributed by atoms with van der Waals surface area (Å²) in [5, 5.41) is 3.83. The van der Waals surface area contributed by atoms with E-state index in [-0.39, 0.29) is 0 Å². The molecule has 2 atom stereocenters. The van der Waals surface area contributed by atoms with Gasteiger partial charge in [0.1, 0.15) is 0 Å². The highest BCUT2D eigenvalue weighted by atomic mass is 15.1. The Morgan fingerprint density at radius 2 is 1.68 bits per heavy atom. The van der Waals surface area contributed by atoms with Gasteiger partial charge in [-0.25, -0.2) is 0 Å². The Labute approximate surface area is 121 Å². The molecule has 0 amide bonds. The largest absolute Gasteiger partial charge is 0.313 e. The van der Waals surface area contributed by atoms with E-state index >= 15 is 0 Å². The van der Waals surface area contributed by atoms with Crippen LogP contribution in [0.25, 0.3) is 0 Å². The van der Waals surface area contributed by atoms with Gasteiger partial charge in [0.15, 0.2) is 0 Å². The van der Waals surface area contributed by atoms with E-state index in [1.165, 1.54) is 58.3 Å². The topological polar surface area (TPSA) is 15.3 Å². The first-order valence-electron chi connectivity index (χ1n) is 8.50. The summed E-state index contributed by atoms with van der Waals surface area (Å²) < 4.78 is 0. The molecule has 2 unspecified atom stereocenters. The van der Waals surface area contributed by atoms with Crippen LogP contribution in [0.3, 0.4) is 0 Å². The van der Waals surface area contributed by atoms with Crippen LogP contribution in [0.4, 0.5) is 0 Å². The fraction of sp³-hybridized carbons (Fsp3) is 1.00. The van der Waals surface area contributed by atoms with Gasteiger partial charge < -0.3 is 10.2 Å². The van der Waals surface area contributed by atoms with Gasteiger partial charge in [0.2, 0.25) is 0 Å². The summed E-state index contributed by atoms with van der Waals surface area (Å²) in [5.41, 5.74) is 0.476. The highest BCUT2D eigenvalue weighted by Crippen LogP contribution is 2.41. The Morgan fingerprint density at radius 1 is 1.05 bits per heavy atom. The van der Waals surface area contributed by atoms with E-state index in [1.54, 1.807) is 0 Å². The van der Waals surface area contributed by atoms with E-state index in [2.05, 4.69) is 44.8 Å². The fourth-order valence-electron chi connectivity index (χ4n) is 3.72. The molecule has 2 heteroatoms. The summed E-state index contributed by atoms with van der Waals surface area (Å²) in [4.78, 5) is 2.69. The van der Waals surface area contributed by atoms with Crippen LogP contribution < -0.4 is 5.32 Å². The lowest BCUT2D eigenvalue weighted by Crippen LogP contribution is -2.46. The molecule has 1 aliphatic rings. The molecular weight excluding hydrogens is 232 g/mol. The molecule has 0 saturated heterocycles. The second kappa shape index (κ2) is 8.26. The van der Waals surface area contributed by atoms with Crippen LogP contribution in [0.15, 0.2) is 0 Å². The van der Waals surface area contributed by atoms with Gasteiger partial charge >= 0.3 is 0 Å². The molecule has 0 bridgehead atoms. The summed E-state index contributed by atoms with van der Waals surface area (Å²) in [6.07, 6.45) is 6.59. The molecule has 0 aromatic carbocycles. The SMILES string of the molecule is CCCNC1C(CN(CCC)CCC)CCC1(C)C. The Hall–Kier alpha value is -0.0800. The average molecular weight is 268 g/mol. The van der Waals surface area contributed by atoms with Crippen molar-refractivity contribution in [1.82, 2.24) is 10.2 Å². The Bertz CT molecular complexity index is 231. The van der Waals surface area contributed by atoms with Crippen LogP contribution in [0.2, 0.25) is 0 Å². The second-order valence-corrected chi connectivity index (χ2v) is 7.02. The minimum absolute atomic E-state index is 0.476. The molecule has 2 nitrogen and oxygen atoms in total. The van der Waals surface area contributed by atoms with Crippen molar-refractivity contribution in [3.8, 4) is 0 Å². The van der Waals surface area contributed by atoms with Crippen LogP contribution in [0, 0.1) is 11.3 Å². The number of hydrogen-bond acceptors (Lipinski definition) is 2. The van der Waals surface area contributed by atoms with E-state index in [9.17, 15) is 0 Å². The van der Waals surface area contributed by atoms with Crippen LogP contribution in [0.5, 0.6) is 0 Å². The highest BCUT2D eigenvalue weighted by Gasteiger charge is 2.41. The quantitative estimate of drug-likeness (QED) is 0.682. The van der Waals surface area contributed by atoms with Gasteiger partial charge in [0.05, 0.1) is 0 Å². The summed E-state index contributed by atoms with van der Waals surface area (Å²) in [6, 6.07) is 0.712. The lowest BCUT2D eigenvalue weighted by molar-refractivity contribution is 0.183. The lowest BCUT2D eigenvalue weighted by Gasteiger charge is -2.34. The fourth-order valence-corrected chi connectivity index (χ4v) is 3.72. The molecule has 1 N–H and O–H groups in total. The van der Waals surface area contributed by atoms with Crippen molar-refractivity contribution in [3.63, 3.8) is 0 Å². The molecule has 0 heterocycles. The molecule has 114 valence electrons. The molecule has 1 saturated carbocycles. The van der Waals surface area contributed by atoms with E-state index in [1.807, 2.05) is 0 Å². The van der Waals surface area contributed by atoms with Gasteiger partial charge in [-0.2, -0.15) is 0 Å². The number of nitrogens with one attached hydrogen (secondary N) is 1. The van der Waals surface area contributed by atoms with Gasteiger partial charge in [0, 0.05) is 12.6 Å². The predicted octanol–water partition coefficient (Wildman–Crippen LogP) is 3.91. The first-order chi connectivity index (χ1) is 9.05. The second-order valence-electron chi connectivity index (χ2n) is 7.02. The molecule has 0 radical (unpaired) electrons. The molecule has 0 aromatic rings. The third-order valence-corrected chi connectivity index (χ3v) is 4.66. The smallest absolute Gasteiger partial charge is 0.0159 e. The van der Waals surface area contributed by atoms with Crippen molar-refractivity contribution in [2.75, 3.05) is 26.2 Å². The van der Waals surface area contributed by atoms with E-state index in [4.69, 9.17) is 0 Å². The average Bonchev–Trinajstić information content (AvgIpc) is 2.63. The molecule has 19 heavy (non-hydrogen) atoms. The number of hydrogen-bond donors (Lipinski definition) is 1. The van der Waals surface area contributed by atoms with Gasteiger partial charge in [-0.05, 0) is 63.1 Å². The maximum atomic E-state index is 3.83. The summed E-state index contributed by atoms with van der Waals surface area (Å²) in [6.45, 7) is 16.8. The van der Waals surface area contributed by atoms with Crippen molar-refractivity contribution in [2.45, 2.75) is 72.8 Å². The van der Waals surface area contributed by atoms with Crippen LogP contribution in [0.1, 0.15) is 66.7 Å². The Kier molecular flexibility index (Phi) is 7.38. The highest BCUT2D eigenvalue weighted by molar-refractivity contribution is 4.97. The summed E-state index contributed by atoms with van der Waals surface area (Å²) >= 11 is 0. The van der Waals surface area contributed by atoms with Crippen molar-refractivity contribution < 1.29 is 0 Å². The molecule has 0 aromatic heterocycles. The van der Waals surface area contributed by atoms with Crippen molar-refractivity contribution in [1.29, 1.82) is 0 Å². The minimum atomic E-state index is 0.476. The first-order valence-corrected chi connectivity index (χ1v) is 8.50. The van der Waals surface area contributed by atoms with E-state index < -0.39 is 0 Å². The van der Waals surface area contributed by atoms with Crippen LogP contribution >= 0.6 is 0 Å². The van der Waals surface area contributed by atoms with Crippen molar-refractivity contribution >= 4 is 0 Å². The normalized spacial score (nSPS) is 26.2. The Morgan fingerprint density at radius 3 is 2.21 bits per heavy atom. The van der Waals surface area contributed by atoms with Gasteiger partial charge in [0.25, 0.3) is 0 Å². The molecule has 1 fully saturated rings. The van der Waals surface area contributed by atoms with E-state index in [0.29, 0.717) is 11.5 Å². The Balaban J connectivity index is 2.58. The molecule has 0 aliphatic heterocycles. The lowest BCUT2D eigenvalue weighted by atomic mass is 9.84. The maximum Gasteiger partial charge on any atom is 0.0159 e. The van der Waals surface area contributed by atoms with Gasteiger partial charge in [-0.3, -0.25) is 0 Å². The van der Waals surface area contributed by atoms with Crippen LogP contribution in [-0.4, -0.2) is 37.1 Å². The standard InChI is InChI=1S/C17H36N2/c1-6-11-18-16-15(9-10-17(16,4)5)14-19(12-7-2)13-8-3/h15-16,18H,6-14H2,1-5H3. The number of rotatable bonds is 9. The zero-order valence-corrected chi connectivity index (χ0v) is 14.0. The van der Waals surface area contributed by atoms with Crippen molar-refractivity contribution in [3.05, 3.63) is 0 Å². The zero-order chi connectivity index (χ0) is 14.3. The minimum Gasteiger partial charge on any atom is -0.313 e. The zero-order valence-electron chi connectivity index (χ0n) is 14.0. The molecule has 0 spiro atoms. The van der Waals surface area contributed by atoms with Gasteiger partial charge in [-0.15, -0.1) is 0 Å². The van der Waals surface area contributed by atoms with Gasteiger partial charge in [-0.1, -0.05) is 34.6 Å². The van der Waals surface area contributed by atoms with Crippen LogP contribution in [-0.2, 0) is 0 Å². The predicted molar refractivity (Wildman–Crippen MR) is 85.6 cm³/mol. The summed E-state index contributed by atoms with van der Waals surface area (Å²) in [7, 11) is 0. The third kappa shape index (κ3) is 5.07. The van der Waals surface area contributed by atoms with Crippen molar-refractivity contribution in [2.24, 2.45) is 11.3 Å². The number of nitrogens with zero attached hydrogens (tertiary/aromatic N) is 1. The van der Waals surface area contributed by atoms with E-state index in [0.717, 1.165) is 5.92 Å². The molecule has 1 rings (SSSR count). The third-order valence-electron chi connectivity index (χ3n) is 4.66. The summed E-state index contributed by atoms with van der Waals surface area (Å²) in [5.74, 6) is 0.847.